The Morgan fingerprint density at radius 1 is 1.55 bits per heavy atom. The maximum Gasteiger partial charge on any atom is 0.107 e. The smallest absolute Gasteiger partial charge is 0.107 e. The van der Waals surface area contributed by atoms with Crippen LogP contribution in [0.15, 0.2) is 0 Å². The van der Waals surface area contributed by atoms with Gasteiger partial charge >= 0.3 is 0 Å². The molecule has 0 amide bonds. The van der Waals surface area contributed by atoms with Gasteiger partial charge in [-0.1, -0.05) is 5.92 Å². The van der Waals surface area contributed by atoms with Gasteiger partial charge in [-0.05, 0) is 19.3 Å². The number of hydrogen-bond acceptors (Lipinski definition) is 2. The molecule has 0 saturated carbocycles. The van der Waals surface area contributed by atoms with E-state index < -0.39 is 0 Å². The molecule has 2 heteroatoms. The molecule has 62 valence electrons. The molecule has 0 spiro atoms. The first-order valence-corrected chi connectivity index (χ1v) is 4.06. The summed E-state index contributed by atoms with van der Waals surface area (Å²) in [5, 5.41) is 0. The van der Waals surface area contributed by atoms with Crippen molar-refractivity contribution in [2.75, 3.05) is 19.8 Å². The second kappa shape index (κ2) is 5.17. The lowest BCUT2D eigenvalue weighted by Crippen LogP contribution is -2.24. The lowest BCUT2D eigenvalue weighted by atomic mass is 10.1. The average molecular weight is 154 g/mol. The van der Waals surface area contributed by atoms with E-state index in [0.29, 0.717) is 13.2 Å². The van der Waals surface area contributed by atoms with Crippen LogP contribution in [0.1, 0.15) is 19.3 Å². The van der Waals surface area contributed by atoms with Gasteiger partial charge in [-0.15, -0.1) is 6.42 Å². The van der Waals surface area contributed by atoms with Crippen molar-refractivity contribution in [1.82, 2.24) is 0 Å². The third kappa shape index (κ3) is 3.41. The maximum atomic E-state index is 5.43. The highest BCUT2D eigenvalue weighted by molar-refractivity contribution is 4.83. The SMILES string of the molecule is C#CCOC[C@@H]1CCCCO1. The number of terminal acetylenes is 1. The molecule has 1 saturated heterocycles. The molecular weight excluding hydrogens is 140 g/mol. The molecule has 1 heterocycles. The van der Waals surface area contributed by atoms with E-state index >= 15 is 0 Å². The van der Waals surface area contributed by atoms with Gasteiger partial charge in [0, 0.05) is 6.61 Å². The zero-order valence-electron chi connectivity index (χ0n) is 6.71. The van der Waals surface area contributed by atoms with Crippen molar-refractivity contribution in [2.24, 2.45) is 0 Å². The van der Waals surface area contributed by atoms with E-state index in [1.807, 2.05) is 0 Å². The molecule has 0 radical (unpaired) electrons. The van der Waals surface area contributed by atoms with Crippen molar-refractivity contribution >= 4 is 0 Å². The summed E-state index contributed by atoms with van der Waals surface area (Å²) in [6.45, 7) is 1.94. The molecule has 1 fully saturated rings. The van der Waals surface area contributed by atoms with Gasteiger partial charge < -0.3 is 9.47 Å². The lowest BCUT2D eigenvalue weighted by molar-refractivity contribution is -0.0345. The summed E-state index contributed by atoms with van der Waals surface area (Å²) in [4.78, 5) is 0. The summed E-state index contributed by atoms with van der Waals surface area (Å²) in [5.74, 6) is 2.43. The first kappa shape index (κ1) is 8.58. The van der Waals surface area contributed by atoms with Crippen LogP contribution in [0.25, 0.3) is 0 Å². The lowest BCUT2D eigenvalue weighted by Gasteiger charge is -2.21. The number of hydrogen-bond donors (Lipinski definition) is 0. The minimum Gasteiger partial charge on any atom is -0.376 e. The van der Waals surface area contributed by atoms with Crippen molar-refractivity contribution in [1.29, 1.82) is 0 Å². The molecule has 0 aromatic carbocycles. The Balaban J connectivity index is 2.01. The molecule has 1 rings (SSSR count). The van der Waals surface area contributed by atoms with E-state index in [1.54, 1.807) is 0 Å². The molecule has 0 unspecified atom stereocenters. The Bertz CT molecular complexity index is 131. The standard InChI is InChI=1S/C9H14O2/c1-2-6-10-8-9-5-3-4-7-11-9/h1,9H,3-8H2/t9-/m0/s1. The molecule has 0 aromatic rings. The van der Waals surface area contributed by atoms with Crippen LogP contribution in [0.3, 0.4) is 0 Å². The Morgan fingerprint density at radius 3 is 3.09 bits per heavy atom. The van der Waals surface area contributed by atoms with Crippen LogP contribution < -0.4 is 0 Å². The predicted octanol–water partition coefficient (Wildman–Crippen LogP) is 1.21. The summed E-state index contributed by atoms with van der Waals surface area (Å²) in [6, 6.07) is 0. The van der Waals surface area contributed by atoms with Gasteiger partial charge in [-0.2, -0.15) is 0 Å². The fourth-order valence-electron chi connectivity index (χ4n) is 1.19. The maximum absolute atomic E-state index is 5.43. The van der Waals surface area contributed by atoms with Gasteiger partial charge in [0.2, 0.25) is 0 Å². The van der Waals surface area contributed by atoms with Gasteiger partial charge in [-0.25, -0.2) is 0 Å². The van der Waals surface area contributed by atoms with Crippen LogP contribution in [-0.2, 0) is 9.47 Å². The molecule has 1 aliphatic heterocycles. The second-order valence-electron chi connectivity index (χ2n) is 2.71. The molecule has 0 aliphatic carbocycles. The van der Waals surface area contributed by atoms with E-state index in [-0.39, 0.29) is 6.10 Å². The molecular formula is C9H14O2. The van der Waals surface area contributed by atoms with Crippen LogP contribution >= 0.6 is 0 Å². The van der Waals surface area contributed by atoms with E-state index in [9.17, 15) is 0 Å². The Hall–Kier alpha value is -0.520. The van der Waals surface area contributed by atoms with E-state index in [2.05, 4.69) is 5.92 Å². The van der Waals surface area contributed by atoms with Crippen molar-refractivity contribution in [3.8, 4) is 12.3 Å². The first-order chi connectivity index (χ1) is 5.43. The second-order valence-corrected chi connectivity index (χ2v) is 2.71. The first-order valence-electron chi connectivity index (χ1n) is 4.06. The third-order valence-corrected chi connectivity index (χ3v) is 1.76. The highest BCUT2D eigenvalue weighted by atomic mass is 16.5. The quantitative estimate of drug-likeness (QED) is 0.449. The van der Waals surface area contributed by atoms with Gasteiger partial charge in [0.05, 0.1) is 12.7 Å². The highest BCUT2D eigenvalue weighted by Gasteiger charge is 2.12. The van der Waals surface area contributed by atoms with Gasteiger partial charge in [0.1, 0.15) is 6.61 Å². The number of ether oxygens (including phenoxy) is 2. The summed E-state index contributed by atoms with van der Waals surface area (Å²) < 4.78 is 10.6. The summed E-state index contributed by atoms with van der Waals surface area (Å²) in [6.07, 6.45) is 8.87. The van der Waals surface area contributed by atoms with E-state index in [1.165, 1.54) is 12.8 Å². The average Bonchev–Trinajstić information content (AvgIpc) is 2.07. The topological polar surface area (TPSA) is 18.5 Å². The Kier molecular flexibility index (Phi) is 4.03. The van der Waals surface area contributed by atoms with Crippen LogP contribution in [0.5, 0.6) is 0 Å². The largest absolute Gasteiger partial charge is 0.376 e. The normalized spacial score (nSPS) is 24.5. The number of rotatable bonds is 3. The van der Waals surface area contributed by atoms with Crippen LogP contribution in [0, 0.1) is 12.3 Å². The zero-order valence-corrected chi connectivity index (χ0v) is 6.71. The van der Waals surface area contributed by atoms with Crippen LogP contribution in [0.4, 0.5) is 0 Å². The summed E-state index contributed by atoms with van der Waals surface area (Å²) in [5.41, 5.74) is 0. The summed E-state index contributed by atoms with van der Waals surface area (Å²) in [7, 11) is 0. The predicted molar refractivity (Wildman–Crippen MR) is 43.2 cm³/mol. The summed E-state index contributed by atoms with van der Waals surface area (Å²) >= 11 is 0. The van der Waals surface area contributed by atoms with E-state index in [0.717, 1.165) is 13.0 Å². The molecule has 2 nitrogen and oxygen atoms in total. The molecule has 1 aliphatic rings. The molecule has 0 aromatic heterocycles. The van der Waals surface area contributed by atoms with Crippen LogP contribution in [-0.4, -0.2) is 25.9 Å². The molecule has 1 atom stereocenters. The van der Waals surface area contributed by atoms with Crippen LogP contribution in [0.2, 0.25) is 0 Å². The van der Waals surface area contributed by atoms with E-state index in [4.69, 9.17) is 15.9 Å². The molecule has 11 heavy (non-hydrogen) atoms. The Labute approximate surface area is 67.9 Å². The fourth-order valence-corrected chi connectivity index (χ4v) is 1.19. The fraction of sp³-hybridized carbons (Fsp3) is 0.778. The highest BCUT2D eigenvalue weighted by Crippen LogP contribution is 2.12. The van der Waals surface area contributed by atoms with Crippen molar-refractivity contribution in [3.63, 3.8) is 0 Å². The minimum atomic E-state index is 0.289. The third-order valence-electron chi connectivity index (χ3n) is 1.76. The zero-order chi connectivity index (χ0) is 7.94. The van der Waals surface area contributed by atoms with Crippen molar-refractivity contribution < 1.29 is 9.47 Å². The Morgan fingerprint density at radius 2 is 2.45 bits per heavy atom. The van der Waals surface area contributed by atoms with Gasteiger partial charge in [0.25, 0.3) is 0 Å². The van der Waals surface area contributed by atoms with Crippen molar-refractivity contribution in [3.05, 3.63) is 0 Å². The molecule has 0 bridgehead atoms. The van der Waals surface area contributed by atoms with Gasteiger partial charge in [0.15, 0.2) is 0 Å². The van der Waals surface area contributed by atoms with Gasteiger partial charge in [-0.3, -0.25) is 0 Å². The van der Waals surface area contributed by atoms with Crippen molar-refractivity contribution in [2.45, 2.75) is 25.4 Å². The minimum absolute atomic E-state index is 0.289. The molecule has 0 N–H and O–H groups in total. The monoisotopic (exact) mass is 154 g/mol.